The summed E-state index contributed by atoms with van der Waals surface area (Å²) in [4.78, 5) is 0. The molecule has 0 saturated heterocycles. The van der Waals surface area contributed by atoms with Gasteiger partial charge in [-0.05, 0) is 48.5 Å². The maximum absolute atomic E-state index is 13.1. The second kappa shape index (κ2) is 6.51. The van der Waals surface area contributed by atoms with Crippen LogP contribution >= 0.6 is 11.6 Å². The maximum atomic E-state index is 13.1. The smallest absolute Gasteiger partial charge is 0.123 e. The third-order valence-electron chi connectivity index (χ3n) is 3.46. The molecule has 0 atom stereocenters. The average Bonchev–Trinajstić information content (AvgIpc) is 3.02. The van der Waals surface area contributed by atoms with Gasteiger partial charge in [0, 0.05) is 28.2 Å². The second-order valence-corrected chi connectivity index (χ2v) is 5.34. The lowest BCUT2D eigenvalue weighted by Crippen LogP contribution is -1.95. The Morgan fingerprint density at radius 1 is 1.04 bits per heavy atom. The lowest BCUT2D eigenvalue weighted by Gasteiger charge is -2.08. The molecule has 0 unspecified atom stereocenters. The number of nitriles is 1. The van der Waals surface area contributed by atoms with E-state index in [0.717, 1.165) is 11.4 Å². The van der Waals surface area contributed by atoms with Crippen molar-refractivity contribution < 1.29 is 4.39 Å². The van der Waals surface area contributed by atoms with Crippen LogP contribution in [-0.2, 0) is 0 Å². The van der Waals surface area contributed by atoms with Crippen LogP contribution in [0.2, 0.25) is 5.02 Å². The number of hydrogen-bond acceptors (Lipinski definition) is 1. The predicted molar refractivity (Wildman–Crippen MR) is 90.7 cm³/mol. The number of halogens is 2. The Labute approximate surface area is 138 Å². The quantitative estimate of drug-likeness (QED) is 0.599. The van der Waals surface area contributed by atoms with Gasteiger partial charge in [0.15, 0.2) is 0 Å². The Morgan fingerprint density at radius 3 is 2.48 bits per heavy atom. The monoisotopic (exact) mass is 322 g/mol. The highest BCUT2D eigenvalue weighted by Gasteiger charge is 2.08. The molecular formula is C19H12ClFN2. The van der Waals surface area contributed by atoms with Crippen LogP contribution in [-0.4, -0.2) is 4.57 Å². The van der Waals surface area contributed by atoms with E-state index < -0.39 is 0 Å². The first kappa shape index (κ1) is 15.1. The van der Waals surface area contributed by atoms with E-state index in [1.165, 1.54) is 12.1 Å². The Bertz CT molecular complexity index is 902. The van der Waals surface area contributed by atoms with Crippen LogP contribution in [0.1, 0.15) is 11.3 Å². The average molecular weight is 323 g/mol. The van der Waals surface area contributed by atoms with Crippen LogP contribution < -0.4 is 0 Å². The summed E-state index contributed by atoms with van der Waals surface area (Å²) >= 11 is 6.17. The third-order valence-corrected chi connectivity index (χ3v) is 3.79. The summed E-state index contributed by atoms with van der Waals surface area (Å²) in [5.74, 6) is -0.285. The molecule has 4 heteroatoms. The topological polar surface area (TPSA) is 28.7 Å². The van der Waals surface area contributed by atoms with Crippen LogP contribution in [0, 0.1) is 17.1 Å². The van der Waals surface area contributed by atoms with Crippen LogP contribution in [0.3, 0.4) is 0 Å². The van der Waals surface area contributed by atoms with Gasteiger partial charge >= 0.3 is 0 Å². The van der Waals surface area contributed by atoms with Crippen molar-refractivity contribution in [2.45, 2.75) is 0 Å². The minimum absolute atomic E-state index is 0.285. The molecule has 23 heavy (non-hydrogen) atoms. The molecule has 0 aliphatic heterocycles. The fourth-order valence-electron chi connectivity index (χ4n) is 2.35. The molecule has 0 spiro atoms. The van der Waals surface area contributed by atoms with E-state index in [1.54, 1.807) is 24.3 Å². The van der Waals surface area contributed by atoms with E-state index in [4.69, 9.17) is 11.6 Å². The highest BCUT2D eigenvalue weighted by atomic mass is 35.5. The van der Waals surface area contributed by atoms with Gasteiger partial charge in [0.25, 0.3) is 0 Å². The molecule has 0 N–H and O–H groups in total. The van der Waals surface area contributed by atoms with Crippen molar-refractivity contribution in [1.82, 2.24) is 4.57 Å². The molecule has 3 aromatic rings. The highest BCUT2D eigenvalue weighted by Crippen LogP contribution is 2.26. The molecule has 0 fully saturated rings. The van der Waals surface area contributed by atoms with Crippen LogP contribution in [0.5, 0.6) is 0 Å². The SMILES string of the molecule is N#CC(=Cc1cccn1-c1ccc(F)cc1)c1ccccc1Cl. The third kappa shape index (κ3) is 3.18. The molecule has 0 aliphatic rings. The van der Waals surface area contributed by atoms with E-state index in [9.17, 15) is 9.65 Å². The molecule has 3 rings (SSSR count). The molecule has 0 aliphatic carbocycles. The fourth-order valence-corrected chi connectivity index (χ4v) is 2.58. The Kier molecular flexibility index (Phi) is 4.27. The maximum Gasteiger partial charge on any atom is 0.123 e. The molecular weight excluding hydrogens is 311 g/mol. The molecule has 1 aromatic heterocycles. The van der Waals surface area contributed by atoms with Gasteiger partial charge in [0.1, 0.15) is 5.82 Å². The van der Waals surface area contributed by atoms with Gasteiger partial charge < -0.3 is 4.57 Å². The van der Waals surface area contributed by atoms with Crippen molar-refractivity contribution in [3.8, 4) is 11.8 Å². The zero-order chi connectivity index (χ0) is 16.2. The number of hydrogen-bond donors (Lipinski definition) is 0. The standard InChI is InChI=1S/C19H12ClFN2/c20-19-6-2-1-5-18(19)14(13-22)12-17-4-3-11-23(17)16-9-7-15(21)8-10-16/h1-12H. The van der Waals surface area contributed by atoms with Crippen molar-refractivity contribution >= 4 is 23.3 Å². The minimum Gasteiger partial charge on any atom is -0.317 e. The van der Waals surface area contributed by atoms with Gasteiger partial charge in [0.05, 0.1) is 11.6 Å². The summed E-state index contributed by atoms with van der Waals surface area (Å²) in [6.45, 7) is 0. The van der Waals surface area contributed by atoms with Gasteiger partial charge in [-0.25, -0.2) is 4.39 Å². The first-order chi connectivity index (χ1) is 11.2. The van der Waals surface area contributed by atoms with Crippen molar-refractivity contribution in [3.63, 3.8) is 0 Å². The van der Waals surface area contributed by atoms with Gasteiger partial charge in [0.2, 0.25) is 0 Å². The lowest BCUT2D eigenvalue weighted by atomic mass is 10.1. The summed E-state index contributed by atoms with van der Waals surface area (Å²) < 4.78 is 15.0. The van der Waals surface area contributed by atoms with Crippen LogP contribution in [0.25, 0.3) is 17.3 Å². The molecule has 0 radical (unpaired) electrons. The van der Waals surface area contributed by atoms with E-state index in [-0.39, 0.29) is 5.82 Å². The van der Waals surface area contributed by atoms with Gasteiger partial charge in [-0.1, -0.05) is 29.8 Å². The molecule has 0 amide bonds. The van der Waals surface area contributed by atoms with Crippen LogP contribution in [0.15, 0.2) is 66.9 Å². The molecule has 0 saturated carbocycles. The summed E-state index contributed by atoms with van der Waals surface area (Å²) in [7, 11) is 0. The molecule has 2 nitrogen and oxygen atoms in total. The zero-order valence-electron chi connectivity index (χ0n) is 12.1. The predicted octanol–water partition coefficient (Wildman–Crippen LogP) is 5.33. The lowest BCUT2D eigenvalue weighted by molar-refractivity contribution is 0.627. The molecule has 1 heterocycles. The first-order valence-corrected chi connectivity index (χ1v) is 7.37. The molecule has 2 aromatic carbocycles. The highest BCUT2D eigenvalue weighted by molar-refractivity contribution is 6.32. The summed E-state index contributed by atoms with van der Waals surface area (Å²) in [6, 6.07) is 19.4. The number of rotatable bonds is 3. The Morgan fingerprint density at radius 2 is 1.78 bits per heavy atom. The minimum atomic E-state index is -0.285. The van der Waals surface area contributed by atoms with Crippen molar-refractivity contribution in [3.05, 3.63) is 89.0 Å². The molecule has 112 valence electrons. The second-order valence-electron chi connectivity index (χ2n) is 4.93. The van der Waals surface area contributed by atoms with Gasteiger partial charge in [-0.15, -0.1) is 0 Å². The number of benzene rings is 2. The van der Waals surface area contributed by atoms with E-state index in [0.29, 0.717) is 16.2 Å². The van der Waals surface area contributed by atoms with Crippen molar-refractivity contribution in [2.24, 2.45) is 0 Å². The summed E-state index contributed by atoms with van der Waals surface area (Å²) in [6.07, 6.45) is 3.63. The Hall–Kier alpha value is -2.83. The first-order valence-electron chi connectivity index (χ1n) is 6.99. The zero-order valence-corrected chi connectivity index (χ0v) is 12.8. The van der Waals surface area contributed by atoms with Crippen LogP contribution in [0.4, 0.5) is 4.39 Å². The Balaban J connectivity index is 2.06. The summed E-state index contributed by atoms with van der Waals surface area (Å²) in [5.41, 5.74) is 2.79. The molecule has 0 bridgehead atoms. The van der Waals surface area contributed by atoms with Gasteiger partial charge in [-0.3, -0.25) is 0 Å². The number of nitrogens with zero attached hydrogens (tertiary/aromatic N) is 2. The fraction of sp³-hybridized carbons (Fsp3) is 0. The van der Waals surface area contributed by atoms with E-state index in [1.807, 2.05) is 41.1 Å². The normalized spacial score (nSPS) is 11.3. The van der Waals surface area contributed by atoms with Crippen molar-refractivity contribution in [2.75, 3.05) is 0 Å². The van der Waals surface area contributed by atoms with Crippen molar-refractivity contribution in [1.29, 1.82) is 5.26 Å². The number of aromatic nitrogens is 1. The van der Waals surface area contributed by atoms with E-state index >= 15 is 0 Å². The largest absolute Gasteiger partial charge is 0.317 e. The number of allylic oxidation sites excluding steroid dienone is 1. The van der Waals surface area contributed by atoms with Gasteiger partial charge in [-0.2, -0.15) is 5.26 Å². The summed E-state index contributed by atoms with van der Waals surface area (Å²) in [5, 5.41) is 9.99. The van der Waals surface area contributed by atoms with E-state index in [2.05, 4.69) is 6.07 Å².